The van der Waals surface area contributed by atoms with Crippen molar-refractivity contribution in [3.05, 3.63) is 23.9 Å². The fourth-order valence-electron chi connectivity index (χ4n) is 3.94. The Labute approximate surface area is 129 Å². The van der Waals surface area contributed by atoms with Gasteiger partial charge in [0.2, 0.25) is 5.91 Å². The number of hydrogen-bond acceptors (Lipinski definition) is 4. The monoisotopic (exact) mass is 304 g/mol. The summed E-state index contributed by atoms with van der Waals surface area (Å²) in [5.41, 5.74) is 1.17. The Bertz CT molecular complexity index is 536. The van der Waals surface area contributed by atoms with Gasteiger partial charge in [0.1, 0.15) is 0 Å². The van der Waals surface area contributed by atoms with Gasteiger partial charge in [0.15, 0.2) is 0 Å². The predicted molar refractivity (Wildman–Crippen MR) is 84.5 cm³/mol. The molecule has 0 N–H and O–H groups in total. The van der Waals surface area contributed by atoms with Crippen LogP contribution >= 0.6 is 11.8 Å². The normalized spacial score (nSPS) is 37.9. The third-order valence-corrected chi connectivity index (χ3v) is 6.80. The number of allylic oxidation sites excluding steroid dienone is 3. The van der Waals surface area contributed by atoms with Gasteiger partial charge in [0.25, 0.3) is 0 Å². The van der Waals surface area contributed by atoms with Crippen LogP contribution in [-0.4, -0.2) is 53.8 Å². The summed E-state index contributed by atoms with van der Waals surface area (Å²) < 4.78 is 5.42. The summed E-state index contributed by atoms with van der Waals surface area (Å²) in [6.45, 7) is 2.85. The molecule has 3 aliphatic heterocycles. The number of hydrogen-bond donors (Lipinski definition) is 0. The number of morpholine rings is 1. The number of rotatable bonds is 1. The molecular formula is C16H20N2O2S. The topological polar surface area (TPSA) is 41.9 Å². The maximum absolute atomic E-state index is 12.9. The second-order valence-corrected chi connectivity index (χ2v) is 7.43. The Morgan fingerprint density at radius 3 is 3.14 bits per heavy atom. The standard InChI is InChI=1S/C16H20N2O2S/c19-15(18-7-9-20-10-8-18)12-11-21-16-5-2-1-3-14(16)17-6-4-13(12)16/h1-3,6,12-13H,4-5,7-11H2. The van der Waals surface area contributed by atoms with Crippen molar-refractivity contribution in [2.45, 2.75) is 17.6 Å². The predicted octanol–water partition coefficient (Wildman–Crippen LogP) is 1.88. The van der Waals surface area contributed by atoms with Crippen molar-refractivity contribution in [1.82, 2.24) is 4.90 Å². The van der Waals surface area contributed by atoms with Gasteiger partial charge in [-0.25, -0.2) is 0 Å². The highest BCUT2D eigenvalue weighted by Crippen LogP contribution is 2.57. The van der Waals surface area contributed by atoms with Crippen molar-refractivity contribution < 1.29 is 9.53 Å². The molecule has 3 unspecified atom stereocenters. The molecule has 3 atom stereocenters. The molecule has 3 heterocycles. The molecule has 1 aliphatic carbocycles. The maximum Gasteiger partial charge on any atom is 0.227 e. The highest BCUT2D eigenvalue weighted by atomic mass is 32.2. The zero-order valence-electron chi connectivity index (χ0n) is 12.0. The highest BCUT2D eigenvalue weighted by Gasteiger charge is 2.55. The zero-order valence-corrected chi connectivity index (χ0v) is 12.8. The molecule has 0 aromatic rings. The van der Waals surface area contributed by atoms with Crippen molar-refractivity contribution in [2.75, 3.05) is 32.1 Å². The van der Waals surface area contributed by atoms with Crippen LogP contribution < -0.4 is 0 Å². The molecule has 5 heteroatoms. The van der Waals surface area contributed by atoms with Gasteiger partial charge >= 0.3 is 0 Å². The van der Waals surface area contributed by atoms with Crippen molar-refractivity contribution in [1.29, 1.82) is 0 Å². The van der Waals surface area contributed by atoms with Gasteiger partial charge in [-0.1, -0.05) is 12.2 Å². The molecule has 0 aromatic heterocycles. The Balaban J connectivity index is 1.59. The van der Waals surface area contributed by atoms with E-state index in [0.29, 0.717) is 25.0 Å². The molecule has 2 saturated heterocycles. The van der Waals surface area contributed by atoms with Crippen molar-refractivity contribution in [2.24, 2.45) is 16.8 Å². The van der Waals surface area contributed by atoms with Crippen molar-refractivity contribution in [3.8, 4) is 0 Å². The molecule has 112 valence electrons. The summed E-state index contributed by atoms with van der Waals surface area (Å²) in [6, 6.07) is 0. The Morgan fingerprint density at radius 2 is 2.29 bits per heavy atom. The molecule has 21 heavy (non-hydrogen) atoms. The molecule has 1 spiro atoms. The molecule has 0 radical (unpaired) electrons. The number of amides is 1. The number of ether oxygens (including phenoxy) is 1. The van der Waals surface area contributed by atoms with Crippen molar-refractivity contribution in [3.63, 3.8) is 0 Å². The molecule has 4 nitrogen and oxygen atoms in total. The molecule has 2 fully saturated rings. The van der Waals surface area contributed by atoms with E-state index in [-0.39, 0.29) is 10.7 Å². The first-order valence-electron chi connectivity index (χ1n) is 7.71. The van der Waals surface area contributed by atoms with Crippen molar-refractivity contribution >= 4 is 23.9 Å². The fraction of sp³-hybridized carbons (Fsp3) is 0.625. The number of carbonyl (C=O) groups excluding carboxylic acids is 1. The van der Waals surface area contributed by atoms with E-state index in [1.807, 2.05) is 22.9 Å². The third-order valence-electron chi connectivity index (χ3n) is 5.08. The van der Waals surface area contributed by atoms with E-state index in [0.717, 1.165) is 31.7 Å². The summed E-state index contributed by atoms with van der Waals surface area (Å²) in [6.07, 6.45) is 10.4. The summed E-state index contributed by atoms with van der Waals surface area (Å²) in [7, 11) is 0. The number of carbonyl (C=O) groups is 1. The summed E-state index contributed by atoms with van der Waals surface area (Å²) in [5, 5.41) is 0. The van der Waals surface area contributed by atoms with Gasteiger partial charge in [-0.05, 0) is 24.8 Å². The van der Waals surface area contributed by atoms with Gasteiger partial charge in [0, 0.05) is 25.1 Å². The lowest BCUT2D eigenvalue weighted by molar-refractivity contribution is -0.140. The van der Waals surface area contributed by atoms with Gasteiger partial charge in [-0.3, -0.25) is 9.79 Å². The first-order valence-corrected chi connectivity index (χ1v) is 8.70. The van der Waals surface area contributed by atoms with E-state index in [4.69, 9.17) is 4.74 Å². The Kier molecular flexibility index (Phi) is 3.42. The highest BCUT2D eigenvalue weighted by molar-refractivity contribution is 8.01. The minimum atomic E-state index is 0.0517. The molecule has 1 amide bonds. The lowest BCUT2D eigenvalue weighted by atomic mass is 9.73. The van der Waals surface area contributed by atoms with Gasteiger partial charge in [-0.15, -0.1) is 11.8 Å². The van der Waals surface area contributed by atoms with E-state index in [1.54, 1.807) is 0 Å². The SMILES string of the molecule is O=C(C1CSC23CC=CC=C2N=CCC13)N1CCOCC1. The first kappa shape index (κ1) is 13.6. The van der Waals surface area contributed by atoms with E-state index < -0.39 is 0 Å². The molecule has 0 aromatic carbocycles. The Hall–Kier alpha value is -1.07. The van der Waals surface area contributed by atoms with Crippen LogP contribution in [0.3, 0.4) is 0 Å². The average molecular weight is 304 g/mol. The first-order chi connectivity index (χ1) is 10.3. The average Bonchev–Trinajstić information content (AvgIpc) is 2.93. The van der Waals surface area contributed by atoms with Crippen LogP contribution in [0.2, 0.25) is 0 Å². The van der Waals surface area contributed by atoms with E-state index in [2.05, 4.69) is 23.2 Å². The number of aliphatic imine (C=N–C) groups is 1. The number of nitrogens with zero attached hydrogens (tertiary/aromatic N) is 2. The van der Waals surface area contributed by atoms with E-state index in [1.165, 1.54) is 5.70 Å². The summed E-state index contributed by atoms with van der Waals surface area (Å²) in [4.78, 5) is 19.5. The largest absolute Gasteiger partial charge is 0.378 e. The summed E-state index contributed by atoms with van der Waals surface area (Å²) >= 11 is 1.95. The second kappa shape index (κ2) is 5.29. The fourth-order valence-corrected chi connectivity index (χ4v) is 5.75. The molecule has 4 rings (SSSR count). The van der Waals surface area contributed by atoms with E-state index in [9.17, 15) is 4.79 Å². The van der Waals surface area contributed by atoms with Crippen LogP contribution in [0.5, 0.6) is 0 Å². The van der Waals surface area contributed by atoms with Crippen LogP contribution in [0.15, 0.2) is 28.9 Å². The van der Waals surface area contributed by atoms with E-state index >= 15 is 0 Å². The zero-order chi connectivity index (χ0) is 14.3. The minimum absolute atomic E-state index is 0.0517. The Morgan fingerprint density at radius 1 is 1.43 bits per heavy atom. The van der Waals surface area contributed by atoms with Crippen LogP contribution in [0.4, 0.5) is 0 Å². The minimum Gasteiger partial charge on any atom is -0.378 e. The maximum atomic E-state index is 12.9. The van der Waals surface area contributed by atoms with Gasteiger partial charge in [-0.2, -0.15) is 0 Å². The third kappa shape index (κ3) is 2.09. The molecule has 0 bridgehead atoms. The number of thioether (sulfide) groups is 1. The van der Waals surface area contributed by atoms with Gasteiger partial charge in [0.05, 0.1) is 29.6 Å². The lowest BCUT2D eigenvalue weighted by Crippen LogP contribution is -2.48. The smallest absolute Gasteiger partial charge is 0.227 e. The van der Waals surface area contributed by atoms with Crippen LogP contribution in [-0.2, 0) is 9.53 Å². The second-order valence-electron chi connectivity index (χ2n) is 6.08. The quantitative estimate of drug-likeness (QED) is 0.743. The van der Waals surface area contributed by atoms with Gasteiger partial charge < -0.3 is 9.64 Å². The molecule has 4 aliphatic rings. The van der Waals surface area contributed by atoms with Crippen LogP contribution in [0.1, 0.15) is 12.8 Å². The molecule has 0 saturated carbocycles. The lowest BCUT2D eigenvalue weighted by Gasteiger charge is -2.40. The summed E-state index contributed by atoms with van der Waals surface area (Å²) in [5.74, 6) is 1.79. The van der Waals surface area contributed by atoms with Crippen LogP contribution in [0.25, 0.3) is 0 Å². The molecular weight excluding hydrogens is 284 g/mol. The van der Waals surface area contributed by atoms with Crippen LogP contribution in [0, 0.1) is 11.8 Å².